The first-order chi connectivity index (χ1) is 13.9. The van der Waals surface area contributed by atoms with Crippen molar-refractivity contribution < 1.29 is 23.8 Å². The largest absolute Gasteiger partial charge is 0.458 e. The van der Waals surface area contributed by atoms with Crippen molar-refractivity contribution in [3.8, 4) is 0 Å². The topological polar surface area (TPSA) is 82.9 Å². The van der Waals surface area contributed by atoms with E-state index in [0.717, 1.165) is 18.7 Å². The average molecular weight is 424 g/mol. The van der Waals surface area contributed by atoms with E-state index < -0.39 is 23.3 Å². The number of rotatable bonds is 7. The van der Waals surface area contributed by atoms with Gasteiger partial charge in [0.25, 0.3) is 0 Å². The van der Waals surface area contributed by atoms with Crippen LogP contribution in [-0.2, 0) is 32.0 Å². The minimum Gasteiger partial charge on any atom is -0.458 e. The fraction of sp³-hybridized carbons (Fsp3) is 0.773. The second kappa shape index (κ2) is 9.81. The Balaban J connectivity index is 2.03. The third-order valence-corrected chi connectivity index (χ3v) is 4.39. The first-order valence-electron chi connectivity index (χ1n) is 10.7. The molecule has 2 rings (SSSR count). The normalized spacial score (nSPS) is 18.4. The molecule has 0 aliphatic carbocycles. The van der Waals surface area contributed by atoms with E-state index >= 15 is 0 Å². The van der Waals surface area contributed by atoms with Crippen LogP contribution in [-0.4, -0.2) is 63.0 Å². The molecule has 0 N–H and O–H groups in total. The number of carbonyl (C=O) groups is 2. The Morgan fingerprint density at radius 2 is 1.83 bits per heavy atom. The standard InChI is InChI=1S/C22H37N3O5/c1-8-10-24-13-16(23-15-24)12-18(19(26)29-21(2,3)4)28-17-9-11-25(14-17)20(27)30-22(5,6)7/h13,15,17-18H,8-12,14H2,1-7H3. The van der Waals surface area contributed by atoms with Crippen molar-refractivity contribution in [2.24, 2.45) is 0 Å². The monoisotopic (exact) mass is 423 g/mol. The van der Waals surface area contributed by atoms with E-state index in [4.69, 9.17) is 14.2 Å². The number of aryl methyl sites for hydroxylation is 1. The highest BCUT2D eigenvalue weighted by molar-refractivity contribution is 5.75. The molecule has 2 unspecified atom stereocenters. The SMILES string of the molecule is CCCn1cnc(CC(OC2CCN(C(=O)OC(C)(C)C)C2)C(=O)OC(C)(C)C)c1. The van der Waals surface area contributed by atoms with Crippen LogP contribution in [0.2, 0.25) is 0 Å². The first-order valence-corrected chi connectivity index (χ1v) is 10.7. The van der Waals surface area contributed by atoms with Crippen molar-refractivity contribution in [1.29, 1.82) is 0 Å². The Kier molecular flexibility index (Phi) is 7.91. The molecule has 0 aromatic carbocycles. The minimum atomic E-state index is -0.780. The van der Waals surface area contributed by atoms with Gasteiger partial charge in [-0.3, -0.25) is 0 Å². The number of carbonyl (C=O) groups excluding carboxylic acids is 2. The Bertz CT molecular complexity index is 717. The molecule has 1 saturated heterocycles. The molecule has 8 nitrogen and oxygen atoms in total. The van der Waals surface area contributed by atoms with Gasteiger partial charge in [-0.2, -0.15) is 0 Å². The van der Waals surface area contributed by atoms with Crippen LogP contribution in [0.4, 0.5) is 4.79 Å². The highest BCUT2D eigenvalue weighted by Gasteiger charge is 2.35. The molecule has 2 heterocycles. The summed E-state index contributed by atoms with van der Waals surface area (Å²) in [5.41, 5.74) is -0.383. The summed E-state index contributed by atoms with van der Waals surface area (Å²) < 4.78 is 19.1. The lowest BCUT2D eigenvalue weighted by molar-refractivity contribution is -0.171. The molecular weight excluding hydrogens is 386 g/mol. The van der Waals surface area contributed by atoms with Gasteiger partial charge in [0, 0.05) is 25.7 Å². The van der Waals surface area contributed by atoms with E-state index in [1.807, 2.05) is 52.3 Å². The van der Waals surface area contributed by atoms with Gasteiger partial charge >= 0.3 is 12.1 Å². The van der Waals surface area contributed by atoms with E-state index in [2.05, 4.69) is 11.9 Å². The van der Waals surface area contributed by atoms with Crippen LogP contribution < -0.4 is 0 Å². The number of amides is 1. The van der Waals surface area contributed by atoms with Gasteiger partial charge in [-0.05, 0) is 54.4 Å². The fourth-order valence-corrected chi connectivity index (χ4v) is 3.20. The van der Waals surface area contributed by atoms with Gasteiger partial charge in [-0.15, -0.1) is 0 Å². The van der Waals surface area contributed by atoms with E-state index in [1.165, 1.54) is 0 Å². The quantitative estimate of drug-likeness (QED) is 0.624. The van der Waals surface area contributed by atoms with Crippen molar-refractivity contribution in [2.45, 2.75) is 97.7 Å². The molecule has 1 aliphatic rings. The molecule has 1 fully saturated rings. The molecule has 0 spiro atoms. The molecule has 0 bridgehead atoms. The zero-order valence-corrected chi connectivity index (χ0v) is 19.4. The number of imidazole rings is 1. The molecule has 0 saturated carbocycles. The van der Waals surface area contributed by atoms with Crippen molar-refractivity contribution in [2.75, 3.05) is 13.1 Å². The molecule has 2 atom stereocenters. The Hall–Kier alpha value is -2.09. The summed E-state index contributed by atoms with van der Waals surface area (Å²) in [6, 6.07) is 0. The molecule has 1 amide bonds. The van der Waals surface area contributed by atoms with Crippen molar-refractivity contribution in [3.63, 3.8) is 0 Å². The van der Waals surface area contributed by atoms with Crippen molar-refractivity contribution in [1.82, 2.24) is 14.5 Å². The predicted molar refractivity (Wildman–Crippen MR) is 113 cm³/mol. The smallest absolute Gasteiger partial charge is 0.410 e. The number of ether oxygens (including phenoxy) is 3. The van der Waals surface area contributed by atoms with Crippen molar-refractivity contribution in [3.05, 3.63) is 18.2 Å². The van der Waals surface area contributed by atoms with Gasteiger partial charge in [-0.1, -0.05) is 6.92 Å². The summed E-state index contributed by atoms with van der Waals surface area (Å²) in [6.45, 7) is 14.9. The Morgan fingerprint density at radius 3 is 2.43 bits per heavy atom. The van der Waals surface area contributed by atoms with Gasteiger partial charge in [0.05, 0.1) is 24.7 Å². The minimum absolute atomic E-state index is 0.257. The van der Waals surface area contributed by atoms with Gasteiger partial charge < -0.3 is 23.7 Å². The summed E-state index contributed by atoms with van der Waals surface area (Å²) >= 11 is 0. The molecule has 0 radical (unpaired) electrons. The number of aromatic nitrogens is 2. The van der Waals surface area contributed by atoms with Crippen LogP contribution in [0.15, 0.2) is 12.5 Å². The summed E-state index contributed by atoms with van der Waals surface area (Å²) in [4.78, 5) is 31.1. The van der Waals surface area contributed by atoms with Gasteiger partial charge in [0.2, 0.25) is 0 Å². The Morgan fingerprint density at radius 1 is 1.17 bits per heavy atom. The van der Waals surface area contributed by atoms with Gasteiger partial charge in [0.15, 0.2) is 6.10 Å². The van der Waals surface area contributed by atoms with E-state index in [9.17, 15) is 9.59 Å². The molecule has 30 heavy (non-hydrogen) atoms. The number of hydrogen-bond donors (Lipinski definition) is 0. The number of nitrogens with zero attached hydrogens (tertiary/aromatic N) is 3. The van der Waals surface area contributed by atoms with Crippen LogP contribution >= 0.6 is 0 Å². The first kappa shape index (κ1) is 24.2. The second-order valence-corrected chi connectivity index (χ2v) is 9.80. The zero-order chi connectivity index (χ0) is 22.5. The van der Waals surface area contributed by atoms with Crippen LogP contribution in [0.3, 0.4) is 0 Å². The highest BCUT2D eigenvalue weighted by Crippen LogP contribution is 2.21. The number of hydrogen-bond acceptors (Lipinski definition) is 6. The maximum absolute atomic E-state index is 12.8. The lowest BCUT2D eigenvalue weighted by Gasteiger charge is -2.26. The number of esters is 1. The third-order valence-electron chi connectivity index (χ3n) is 4.39. The van der Waals surface area contributed by atoms with Gasteiger partial charge in [0.1, 0.15) is 11.2 Å². The molecule has 170 valence electrons. The van der Waals surface area contributed by atoms with Crippen LogP contribution in [0.5, 0.6) is 0 Å². The van der Waals surface area contributed by atoms with Crippen LogP contribution in [0, 0.1) is 0 Å². The summed E-state index contributed by atoms with van der Waals surface area (Å²) in [7, 11) is 0. The Labute approximate surface area is 179 Å². The van der Waals surface area contributed by atoms with Gasteiger partial charge in [-0.25, -0.2) is 14.6 Å². The lowest BCUT2D eigenvalue weighted by Crippen LogP contribution is -2.39. The molecule has 1 aliphatic heterocycles. The maximum Gasteiger partial charge on any atom is 0.410 e. The van der Waals surface area contributed by atoms with E-state index in [0.29, 0.717) is 25.9 Å². The fourth-order valence-electron chi connectivity index (χ4n) is 3.20. The molecule has 8 heteroatoms. The van der Waals surface area contributed by atoms with Crippen LogP contribution in [0.25, 0.3) is 0 Å². The highest BCUT2D eigenvalue weighted by atomic mass is 16.6. The summed E-state index contributed by atoms with van der Waals surface area (Å²) in [6.07, 6.45) is 4.28. The molecule has 1 aromatic rings. The summed E-state index contributed by atoms with van der Waals surface area (Å²) in [5, 5.41) is 0. The molecule has 1 aromatic heterocycles. The average Bonchev–Trinajstić information content (AvgIpc) is 3.21. The lowest BCUT2D eigenvalue weighted by atomic mass is 10.1. The predicted octanol–water partition coefficient (Wildman–Crippen LogP) is 3.57. The van der Waals surface area contributed by atoms with E-state index in [-0.39, 0.29) is 12.2 Å². The molecular formula is C22H37N3O5. The maximum atomic E-state index is 12.8. The third kappa shape index (κ3) is 7.97. The number of likely N-dealkylation sites (tertiary alicyclic amines) is 1. The zero-order valence-electron chi connectivity index (χ0n) is 19.4. The van der Waals surface area contributed by atoms with Crippen molar-refractivity contribution >= 4 is 12.1 Å². The second-order valence-electron chi connectivity index (χ2n) is 9.80. The summed E-state index contributed by atoms with van der Waals surface area (Å²) in [5.74, 6) is -0.414. The van der Waals surface area contributed by atoms with Crippen LogP contribution in [0.1, 0.15) is 67.0 Å². The van der Waals surface area contributed by atoms with E-state index in [1.54, 1.807) is 11.2 Å².